The molecular weight excluding hydrogens is 340 g/mol. The first-order valence-corrected chi connectivity index (χ1v) is 9.92. The fourth-order valence-electron chi connectivity index (χ4n) is 2.61. The van der Waals surface area contributed by atoms with Gasteiger partial charge in [-0.25, -0.2) is 0 Å². The Balaban J connectivity index is 2.24. The summed E-state index contributed by atoms with van der Waals surface area (Å²) in [5.41, 5.74) is 0.490. The average molecular weight is 364 g/mol. The number of phenols is 1. The zero-order valence-corrected chi connectivity index (χ0v) is 15.1. The van der Waals surface area contributed by atoms with E-state index in [9.17, 15) is 18.1 Å². The van der Waals surface area contributed by atoms with Gasteiger partial charge in [0.25, 0.3) is 10.1 Å². The molecule has 0 fully saturated rings. The molecule has 0 unspecified atom stereocenters. The summed E-state index contributed by atoms with van der Waals surface area (Å²) in [5, 5.41) is 10.2. The highest BCUT2D eigenvalue weighted by molar-refractivity contribution is 7.86. The van der Waals surface area contributed by atoms with Crippen LogP contribution in [0, 0.1) is 0 Å². The van der Waals surface area contributed by atoms with Crippen LogP contribution in [0.2, 0.25) is 0 Å². The summed E-state index contributed by atoms with van der Waals surface area (Å²) >= 11 is 0. The summed E-state index contributed by atoms with van der Waals surface area (Å²) in [7, 11) is -4.47. The average Bonchev–Trinajstić information content (AvgIpc) is 2.56. The van der Waals surface area contributed by atoms with E-state index in [1.165, 1.54) is 12.1 Å². The highest BCUT2D eigenvalue weighted by Crippen LogP contribution is 2.35. The van der Waals surface area contributed by atoms with Crippen molar-refractivity contribution in [3.05, 3.63) is 48.0 Å². The zero-order valence-electron chi connectivity index (χ0n) is 14.3. The van der Waals surface area contributed by atoms with Crippen molar-refractivity contribution >= 4 is 10.1 Å². The Morgan fingerprint density at radius 3 is 2.32 bits per heavy atom. The van der Waals surface area contributed by atoms with Crippen LogP contribution in [0.5, 0.6) is 17.2 Å². The molecule has 0 atom stereocenters. The van der Waals surface area contributed by atoms with E-state index >= 15 is 0 Å². The number of aromatic hydroxyl groups is 1. The van der Waals surface area contributed by atoms with E-state index in [0.717, 1.165) is 32.1 Å². The van der Waals surface area contributed by atoms with Crippen molar-refractivity contribution < 1.29 is 22.8 Å². The molecule has 2 rings (SSSR count). The van der Waals surface area contributed by atoms with Crippen LogP contribution in [0.15, 0.2) is 47.4 Å². The summed E-state index contributed by atoms with van der Waals surface area (Å²) in [6.07, 6.45) is 5.81. The summed E-state index contributed by atoms with van der Waals surface area (Å²) < 4.78 is 38.5. The Hall–Kier alpha value is -2.05. The van der Waals surface area contributed by atoms with Crippen molar-refractivity contribution in [1.29, 1.82) is 0 Å². The lowest BCUT2D eigenvalue weighted by Crippen LogP contribution is -2.03. The monoisotopic (exact) mass is 364 g/mol. The minimum absolute atomic E-state index is 0.0335. The lowest BCUT2D eigenvalue weighted by atomic mass is 10.0. The SMILES string of the molecule is CCCCCCCc1cc(S(=O)(=O)O)c(Oc2ccccc2)cc1O. The fourth-order valence-corrected chi connectivity index (χ4v) is 3.25. The lowest BCUT2D eigenvalue weighted by Gasteiger charge is -2.13. The third-order valence-corrected chi connectivity index (χ3v) is 4.82. The number of para-hydroxylation sites is 1. The molecule has 0 aliphatic rings. The molecule has 0 amide bonds. The van der Waals surface area contributed by atoms with Gasteiger partial charge in [0.15, 0.2) is 5.75 Å². The Kier molecular flexibility index (Phi) is 6.84. The molecule has 2 aromatic rings. The first-order valence-electron chi connectivity index (χ1n) is 8.48. The quantitative estimate of drug-likeness (QED) is 0.486. The van der Waals surface area contributed by atoms with Crippen LogP contribution >= 0.6 is 0 Å². The summed E-state index contributed by atoms with van der Waals surface area (Å²) in [5.74, 6) is 0.286. The van der Waals surface area contributed by atoms with Gasteiger partial charge in [-0.2, -0.15) is 8.42 Å². The molecule has 0 radical (unpaired) electrons. The highest BCUT2D eigenvalue weighted by Gasteiger charge is 2.20. The maximum Gasteiger partial charge on any atom is 0.298 e. The third kappa shape index (κ3) is 5.76. The largest absolute Gasteiger partial charge is 0.508 e. The van der Waals surface area contributed by atoms with Gasteiger partial charge in [0.2, 0.25) is 0 Å². The van der Waals surface area contributed by atoms with Gasteiger partial charge in [-0.15, -0.1) is 0 Å². The number of ether oxygens (including phenoxy) is 1. The number of hydrogen-bond acceptors (Lipinski definition) is 4. The molecule has 0 bridgehead atoms. The molecule has 0 aromatic heterocycles. The van der Waals surface area contributed by atoms with Crippen molar-refractivity contribution in [1.82, 2.24) is 0 Å². The minimum atomic E-state index is -4.47. The minimum Gasteiger partial charge on any atom is -0.508 e. The molecule has 136 valence electrons. The molecule has 5 nitrogen and oxygen atoms in total. The number of unbranched alkanes of at least 4 members (excludes halogenated alkanes) is 4. The lowest BCUT2D eigenvalue weighted by molar-refractivity contribution is 0.433. The van der Waals surface area contributed by atoms with E-state index in [4.69, 9.17) is 4.74 Å². The molecule has 0 saturated carbocycles. The molecule has 0 aliphatic carbocycles. The number of hydrogen-bond donors (Lipinski definition) is 2. The standard InChI is InChI=1S/C19H24O5S/c1-2-3-4-5-7-10-15-13-19(25(21,22)23)18(14-17(15)20)24-16-11-8-6-9-12-16/h6,8-9,11-14,20H,2-5,7,10H2,1H3,(H,21,22,23). The van der Waals surface area contributed by atoms with Gasteiger partial charge in [0.1, 0.15) is 16.4 Å². The number of rotatable bonds is 9. The molecular formula is C19H24O5S. The molecule has 2 N–H and O–H groups in total. The second kappa shape index (κ2) is 8.87. The third-order valence-electron chi connectivity index (χ3n) is 3.94. The topological polar surface area (TPSA) is 83.8 Å². The number of aryl methyl sites for hydroxylation is 1. The maximum absolute atomic E-state index is 11.7. The van der Waals surface area contributed by atoms with Crippen LogP contribution < -0.4 is 4.74 Å². The van der Waals surface area contributed by atoms with Crippen LogP contribution in [0.3, 0.4) is 0 Å². The number of phenolic OH excluding ortho intramolecular Hbond substituents is 1. The molecule has 25 heavy (non-hydrogen) atoms. The summed E-state index contributed by atoms with van der Waals surface area (Å²) in [6.45, 7) is 2.13. The Bertz CT molecular complexity index is 785. The van der Waals surface area contributed by atoms with E-state index in [-0.39, 0.29) is 16.4 Å². The van der Waals surface area contributed by atoms with Crippen molar-refractivity contribution in [2.45, 2.75) is 50.3 Å². The van der Waals surface area contributed by atoms with Crippen LogP contribution in [0.25, 0.3) is 0 Å². The van der Waals surface area contributed by atoms with E-state index in [0.29, 0.717) is 17.7 Å². The van der Waals surface area contributed by atoms with Crippen LogP contribution in [0.1, 0.15) is 44.6 Å². The van der Waals surface area contributed by atoms with Gasteiger partial charge >= 0.3 is 0 Å². The van der Waals surface area contributed by atoms with Gasteiger partial charge < -0.3 is 9.84 Å². The Labute approximate surface area is 149 Å². The van der Waals surface area contributed by atoms with Gasteiger partial charge in [0.05, 0.1) is 0 Å². The Morgan fingerprint density at radius 1 is 1.00 bits per heavy atom. The smallest absolute Gasteiger partial charge is 0.298 e. The summed E-state index contributed by atoms with van der Waals surface area (Å²) in [6, 6.07) is 11.1. The fraction of sp³-hybridized carbons (Fsp3) is 0.368. The van der Waals surface area contributed by atoms with Crippen LogP contribution in [-0.4, -0.2) is 18.1 Å². The van der Waals surface area contributed by atoms with E-state index in [1.54, 1.807) is 30.3 Å². The van der Waals surface area contributed by atoms with Crippen molar-refractivity contribution in [2.75, 3.05) is 0 Å². The van der Waals surface area contributed by atoms with E-state index < -0.39 is 10.1 Å². The highest BCUT2D eigenvalue weighted by atomic mass is 32.2. The first kappa shape index (κ1) is 19.3. The zero-order chi connectivity index (χ0) is 18.3. The van der Waals surface area contributed by atoms with E-state index in [2.05, 4.69) is 6.92 Å². The van der Waals surface area contributed by atoms with Gasteiger partial charge in [0, 0.05) is 6.07 Å². The molecule has 0 heterocycles. The van der Waals surface area contributed by atoms with Crippen LogP contribution in [-0.2, 0) is 16.5 Å². The van der Waals surface area contributed by atoms with Crippen molar-refractivity contribution in [3.63, 3.8) is 0 Å². The molecule has 0 aliphatic heterocycles. The maximum atomic E-state index is 11.7. The molecule has 0 saturated heterocycles. The second-order valence-corrected chi connectivity index (χ2v) is 7.37. The molecule has 6 heteroatoms. The van der Waals surface area contributed by atoms with Crippen molar-refractivity contribution in [3.8, 4) is 17.2 Å². The second-order valence-electron chi connectivity index (χ2n) is 5.98. The normalized spacial score (nSPS) is 11.4. The molecule has 0 spiro atoms. The van der Waals surface area contributed by atoms with Crippen molar-refractivity contribution in [2.24, 2.45) is 0 Å². The van der Waals surface area contributed by atoms with Gasteiger partial charge in [-0.1, -0.05) is 50.8 Å². The summed E-state index contributed by atoms with van der Waals surface area (Å²) in [4.78, 5) is -0.335. The predicted molar refractivity (Wildman–Crippen MR) is 96.9 cm³/mol. The van der Waals surface area contributed by atoms with Gasteiger partial charge in [-0.3, -0.25) is 4.55 Å². The first-order chi connectivity index (χ1) is 11.9. The van der Waals surface area contributed by atoms with Crippen LogP contribution in [0.4, 0.5) is 0 Å². The Morgan fingerprint density at radius 2 is 1.68 bits per heavy atom. The van der Waals surface area contributed by atoms with E-state index in [1.807, 2.05) is 0 Å². The number of benzene rings is 2. The predicted octanol–water partition coefficient (Wildman–Crippen LogP) is 4.94. The molecule has 2 aromatic carbocycles. The van der Waals surface area contributed by atoms with Gasteiger partial charge in [-0.05, 0) is 36.6 Å².